The summed E-state index contributed by atoms with van der Waals surface area (Å²) in [6, 6.07) is 9.19. The molecule has 1 aromatic heterocycles. The molecular weight excluding hydrogens is 451 g/mol. The van der Waals surface area contributed by atoms with E-state index in [1.807, 2.05) is 10.8 Å². The molecule has 3 aromatic rings. The number of nitrogens with zero attached hydrogens (tertiary/aromatic N) is 3. The molecular formula is C22H23FN4O5S. The Kier molecular flexibility index (Phi) is 6.78. The Morgan fingerprint density at radius 2 is 1.88 bits per heavy atom. The van der Waals surface area contributed by atoms with E-state index in [1.54, 1.807) is 12.5 Å². The molecule has 0 atom stereocenters. The summed E-state index contributed by atoms with van der Waals surface area (Å²) in [6.07, 6.45) is 5.81. The second kappa shape index (κ2) is 9.90. The number of aromatic nitrogens is 2. The molecule has 0 spiro atoms. The zero-order chi connectivity index (χ0) is 23.3. The smallest absolute Gasteiger partial charge is 0.264 e. The highest BCUT2D eigenvalue weighted by Gasteiger charge is 2.29. The van der Waals surface area contributed by atoms with Crippen molar-refractivity contribution < 1.29 is 27.1 Å². The van der Waals surface area contributed by atoms with Crippen LogP contribution < -0.4 is 19.1 Å². The van der Waals surface area contributed by atoms with Gasteiger partial charge in [-0.05, 0) is 42.8 Å². The molecule has 1 aliphatic heterocycles. The zero-order valence-electron chi connectivity index (χ0n) is 17.7. The number of rotatable bonds is 9. The second-order valence-electron chi connectivity index (χ2n) is 7.30. The third kappa shape index (κ3) is 5.43. The van der Waals surface area contributed by atoms with E-state index in [4.69, 9.17) is 9.47 Å². The Bertz CT molecular complexity index is 1200. The van der Waals surface area contributed by atoms with E-state index in [1.165, 1.54) is 30.3 Å². The van der Waals surface area contributed by atoms with Gasteiger partial charge in [0.2, 0.25) is 5.91 Å². The van der Waals surface area contributed by atoms with Crippen LogP contribution in [0.1, 0.15) is 6.42 Å². The maximum Gasteiger partial charge on any atom is 0.264 e. The van der Waals surface area contributed by atoms with Gasteiger partial charge in [0.1, 0.15) is 25.6 Å². The Labute approximate surface area is 190 Å². The van der Waals surface area contributed by atoms with Gasteiger partial charge >= 0.3 is 0 Å². The first-order chi connectivity index (χ1) is 15.9. The summed E-state index contributed by atoms with van der Waals surface area (Å²) < 4.78 is 54.2. The Hall–Kier alpha value is -3.60. The van der Waals surface area contributed by atoms with Crippen molar-refractivity contribution in [2.24, 2.45) is 0 Å². The van der Waals surface area contributed by atoms with Gasteiger partial charge in [-0.2, -0.15) is 0 Å². The minimum atomic E-state index is -4.16. The number of hydrogen-bond acceptors (Lipinski definition) is 6. The van der Waals surface area contributed by atoms with Crippen molar-refractivity contribution >= 4 is 21.6 Å². The van der Waals surface area contributed by atoms with Crippen LogP contribution in [-0.2, 0) is 21.4 Å². The number of carbonyl (C=O) groups is 1. The number of ether oxygens (including phenoxy) is 2. The predicted molar refractivity (Wildman–Crippen MR) is 118 cm³/mol. The van der Waals surface area contributed by atoms with Crippen molar-refractivity contribution in [3.63, 3.8) is 0 Å². The van der Waals surface area contributed by atoms with E-state index in [0.29, 0.717) is 44.2 Å². The molecule has 4 rings (SSSR count). The van der Waals surface area contributed by atoms with Gasteiger partial charge in [0, 0.05) is 31.5 Å². The molecule has 0 unspecified atom stereocenters. The topological polar surface area (TPSA) is 103 Å². The standard InChI is InChI=1S/C22H23FN4O5S/c23-17-2-4-18(5-3-17)27(15-22(28)25-8-1-10-26-11-9-24-16-26)33(29,30)19-6-7-20-21(14-19)32-13-12-31-20/h2-7,9,11,14,16H,1,8,10,12-13,15H2,(H,25,28). The van der Waals surface area contributed by atoms with Crippen LogP contribution in [0.3, 0.4) is 0 Å². The molecule has 0 saturated heterocycles. The van der Waals surface area contributed by atoms with Gasteiger partial charge in [0.05, 0.1) is 16.9 Å². The van der Waals surface area contributed by atoms with Crippen molar-refractivity contribution in [2.45, 2.75) is 17.9 Å². The number of fused-ring (bicyclic) bond motifs is 1. The number of nitrogens with one attached hydrogen (secondary N) is 1. The van der Waals surface area contributed by atoms with E-state index < -0.39 is 28.3 Å². The number of amides is 1. The van der Waals surface area contributed by atoms with Gasteiger partial charge < -0.3 is 19.4 Å². The molecule has 1 amide bonds. The van der Waals surface area contributed by atoms with Crippen LogP contribution in [0.25, 0.3) is 0 Å². The lowest BCUT2D eigenvalue weighted by molar-refractivity contribution is -0.119. The van der Waals surface area contributed by atoms with Crippen LogP contribution in [0, 0.1) is 5.82 Å². The Balaban J connectivity index is 1.51. The summed E-state index contributed by atoms with van der Waals surface area (Å²) in [5, 5.41) is 2.73. The highest BCUT2D eigenvalue weighted by atomic mass is 32.2. The molecule has 0 bridgehead atoms. The average Bonchev–Trinajstić information content (AvgIpc) is 3.34. The third-order valence-electron chi connectivity index (χ3n) is 4.98. The van der Waals surface area contributed by atoms with Gasteiger partial charge in [-0.15, -0.1) is 0 Å². The SMILES string of the molecule is O=C(CN(c1ccc(F)cc1)S(=O)(=O)c1ccc2c(c1)OCCO2)NCCCn1ccnc1. The fourth-order valence-electron chi connectivity index (χ4n) is 3.33. The summed E-state index contributed by atoms with van der Waals surface area (Å²) in [7, 11) is -4.16. The number of benzene rings is 2. The van der Waals surface area contributed by atoms with E-state index in [2.05, 4.69) is 10.3 Å². The maximum absolute atomic E-state index is 13.5. The largest absolute Gasteiger partial charge is 0.486 e. The monoisotopic (exact) mass is 474 g/mol. The minimum absolute atomic E-state index is 0.0658. The number of halogens is 1. The zero-order valence-corrected chi connectivity index (χ0v) is 18.5. The first-order valence-corrected chi connectivity index (χ1v) is 11.8. The maximum atomic E-state index is 13.5. The number of carbonyl (C=O) groups excluding carboxylic acids is 1. The van der Waals surface area contributed by atoms with Crippen molar-refractivity contribution in [2.75, 3.05) is 30.6 Å². The summed E-state index contributed by atoms with van der Waals surface area (Å²) in [6.45, 7) is 1.24. The molecule has 33 heavy (non-hydrogen) atoms. The summed E-state index contributed by atoms with van der Waals surface area (Å²) in [4.78, 5) is 16.5. The number of sulfonamides is 1. The molecule has 0 fully saturated rings. The van der Waals surface area contributed by atoms with Gasteiger partial charge in [-0.25, -0.2) is 17.8 Å². The van der Waals surface area contributed by atoms with Crippen LogP contribution in [0.2, 0.25) is 0 Å². The highest BCUT2D eigenvalue weighted by molar-refractivity contribution is 7.92. The molecule has 0 aliphatic carbocycles. The van der Waals surface area contributed by atoms with Gasteiger partial charge in [0.25, 0.3) is 10.0 Å². The molecule has 1 N–H and O–H groups in total. The van der Waals surface area contributed by atoms with Crippen LogP contribution in [-0.4, -0.2) is 50.2 Å². The predicted octanol–water partition coefficient (Wildman–Crippen LogP) is 2.20. The quantitative estimate of drug-likeness (QED) is 0.477. The molecule has 9 nitrogen and oxygen atoms in total. The normalized spacial score (nSPS) is 12.9. The Morgan fingerprint density at radius 1 is 1.12 bits per heavy atom. The fourth-order valence-corrected chi connectivity index (χ4v) is 4.77. The van der Waals surface area contributed by atoms with Gasteiger partial charge in [-0.1, -0.05) is 0 Å². The number of hydrogen-bond donors (Lipinski definition) is 1. The van der Waals surface area contributed by atoms with Crippen LogP contribution >= 0.6 is 0 Å². The van der Waals surface area contributed by atoms with Crippen molar-refractivity contribution in [1.29, 1.82) is 0 Å². The third-order valence-corrected chi connectivity index (χ3v) is 6.75. The summed E-state index contributed by atoms with van der Waals surface area (Å²) in [5.74, 6) is -0.236. The van der Waals surface area contributed by atoms with E-state index in [-0.39, 0.29) is 10.6 Å². The van der Waals surface area contributed by atoms with Crippen LogP contribution in [0.15, 0.2) is 66.1 Å². The summed E-state index contributed by atoms with van der Waals surface area (Å²) >= 11 is 0. The average molecular weight is 475 g/mol. The lowest BCUT2D eigenvalue weighted by Crippen LogP contribution is -2.41. The van der Waals surface area contributed by atoms with Crippen molar-refractivity contribution in [3.8, 4) is 11.5 Å². The Morgan fingerprint density at radius 3 is 2.61 bits per heavy atom. The number of aryl methyl sites for hydroxylation is 1. The van der Waals surface area contributed by atoms with Crippen molar-refractivity contribution in [3.05, 3.63) is 67.0 Å². The second-order valence-corrected chi connectivity index (χ2v) is 9.16. The van der Waals surface area contributed by atoms with E-state index >= 15 is 0 Å². The molecule has 0 saturated carbocycles. The minimum Gasteiger partial charge on any atom is -0.486 e. The summed E-state index contributed by atoms with van der Waals surface area (Å²) in [5.41, 5.74) is 0.167. The van der Waals surface area contributed by atoms with Crippen LogP contribution in [0.5, 0.6) is 11.5 Å². The lowest BCUT2D eigenvalue weighted by atomic mass is 10.3. The van der Waals surface area contributed by atoms with Gasteiger partial charge in [-0.3, -0.25) is 9.10 Å². The molecule has 11 heteroatoms. The first-order valence-electron chi connectivity index (χ1n) is 10.3. The first kappa shape index (κ1) is 22.6. The lowest BCUT2D eigenvalue weighted by Gasteiger charge is -2.25. The molecule has 2 aromatic carbocycles. The van der Waals surface area contributed by atoms with Gasteiger partial charge in [0.15, 0.2) is 11.5 Å². The molecule has 0 radical (unpaired) electrons. The van der Waals surface area contributed by atoms with E-state index in [9.17, 15) is 17.6 Å². The molecule has 174 valence electrons. The fraction of sp³-hybridized carbons (Fsp3) is 0.273. The van der Waals surface area contributed by atoms with E-state index in [0.717, 1.165) is 16.4 Å². The number of anilines is 1. The van der Waals surface area contributed by atoms with Crippen LogP contribution in [0.4, 0.5) is 10.1 Å². The van der Waals surface area contributed by atoms with Crippen molar-refractivity contribution in [1.82, 2.24) is 14.9 Å². The molecule has 2 heterocycles. The highest BCUT2D eigenvalue weighted by Crippen LogP contribution is 2.34. The number of imidazole rings is 1. The molecule has 1 aliphatic rings.